The van der Waals surface area contributed by atoms with Gasteiger partial charge in [0.1, 0.15) is 11.3 Å². The molecule has 22 heavy (non-hydrogen) atoms. The first-order valence-corrected chi connectivity index (χ1v) is 7.48. The Morgan fingerprint density at radius 2 is 2.36 bits per heavy atom. The molecule has 1 aliphatic heterocycles. The van der Waals surface area contributed by atoms with Crippen molar-refractivity contribution in [3.63, 3.8) is 0 Å². The highest BCUT2D eigenvalue weighted by Crippen LogP contribution is 2.30. The van der Waals surface area contributed by atoms with Gasteiger partial charge in [0.15, 0.2) is 0 Å². The minimum Gasteiger partial charge on any atom is -0.382 e. The van der Waals surface area contributed by atoms with Crippen molar-refractivity contribution < 1.29 is 5.11 Å². The van der Waals surface area contributed by atoms with Crippen molar-refractivity contribution in [2.24, 2.45) is 0 Å². The van der Waals surface area contributed by atoms with Crippen molar-refractivity contribution in [1.29, 1.82) is 5.26 Å². The second kappa shape index (κ2) is 6.05. The number of hydrogen-bond donors (Lipinski definition) is 2. The zero-order chi connectivity index (χ0) is 15.6. The zero-order valence-electron chi connectivity index (χ0n) is 12.0. The normalized spacial score (nSPS) is 22.4. The lowest BCUT2D eigenvalue weighted by Crippen LogP contribution is -2.46. The number of β-amino-alcohol motifs (C(OH)–C–C–N with tert-alkyl or cyclic N) is 1. The van der Waals surface area contributed by atoms with Crippen molar-refractivity contribution in [2.45, 2.75) is 25.0 Å². The number of nitrogens with zero attached hydrogens (tertiary/aromatic N) is 4. The minimum atomic E-state index is -0.996. The standard InChI is InChI=1S/C15H16ClN5O/c16-13-3-2-11(12(6-13)7-17)9-21-5-1-4-15(22,10-21)14-8-18-20-19-14/h2-3,6,8,22H,1,4-5,9-10H2,(H,18,19,20)/t15-/m0/s1. The summed E-state index contributed by atoms with van der Waals surface area (Å²) in [4.78, 5) is 2.13. The third kappa shape index (κ3) is 2.97. The second-order valence-electron chi connectivity index (χ2n) is 5.61. The van der Waals surface area contributed by atoms with Crippen LogP contribution in [0.15, 0.2) is 24.4 Å². The number of nitriles is 1. The molecule has 0 aliphatic carbocycles. The fraction of sp³-hybridized carbons (Fsp3) is 0.400. The number of aromatic amines is 1. The second-order valence-corrected chi connectivity index (χ2v) is 6.05. The van der Waals surface area contributed by atoms with Crippen molar-refractivity contribution in [3.05, 3.63) is 46.2 Å². The first-order chi connectivity index (χ1) is 10.6. The van der Waals surface area contributed by atoms with E-state index in [0.29, 0.717) is 35.8 Å². The van der Waals surface area contributed by atoms with E-state index in [1.807, 2.05) is 6.07 Å². The van der Waals surface area contributed by atoms with E-state index in [1.165, 1.54) is 0 Å². The molecule has 0 amide bonds. The number of benzene rings is 1. The number of aromatic nitrogens is 3. The van der Waals surface area contributed by atoms with Gasteiger partial charge in [0.25, 0.3) is 0 Å². The number of H-pyrrole nitrogens is 1. The van der Waals surface area contributed by atoms with Crippen LogP contribution in [0.1, 0.15) is 29.7 Å². The Balaban J connectivity index is 1.78. The van der Waals surface area contributed by atoms with Crippen molar-refractivity contribution in [2.75, 3.05) is 13.1 Å². The number of aliphatic hydroxyl groups is 1. The molecular formula is C15H16ClN5O. The summed E-state index contributed by atoms with van der Waals surface area (Å²) in [5.41, 5.74) is 1.05. The van der Waals surface area contributed by atoms with Gasteiger partial charge in [0.05, 0.1) is 17.8 Å². The predicted octanol–water partition coefficient (Wildman–Crippen LogP) is 1.81. The van der Waals surface area contributed by atoms with Crippen molar-refractivity contribution >= 4 is 11.6 Å². The van der Waals surface area contributed by atoms with Crippen LogP contribution in [0.2, 0.25) is 5.02 Å². The maximum absolute atomic E-state index is 10.8. The van der Waals surface area contributed by atoms with Crippen LogP contribution in [0, 0.1) is 11.3 Å². The third-order valence-electron chi connectivity index (χ3n) is 4.03. The van der Waals surface area contributed by atoms with Crippen molar-refractivity contribution in [1.82, 2.24) is 20.3 Å². The van der Waals surface area contributed by atoms with Gasteiger partial charge in [-0.2, -0.15) is 20.7 Å². The van der Waals surface area contributed by atoms with Crippen LogP contribution < -0.4 is 0 Å². The predicted molar refractivity (Wildman–Crippen MR) is 81.0 cm³/mol. The number of halogens is 1. The maximum atomic E-state index is 10.8. The molecule has 1 atom stereocenters. The number of nitrogens with one attached hydrogen (secondary N) is 1. The van der Waals surface area contributed by atoms with Crippen molar-refractivity contribution in [3.8, 4) is 6.07 Å². The Morgan fingerprint density at radius 1 is 1.50 bits per heavy atom. The van der Waals surface area contributed by atoms with Crippen LogP contribution in [0.3, 0.4) is 0 Å². The molecule has 6 nitrogen and oxygen atoms in total. The Morgan fingerprint density at radius 3 is 3.09 bits per heavy atom. The number of piperidine rings is 1. The van der Waals surface area contributed by atoms with E-state index in [2.05, 4.69) is 26.4 Å². The topological polar surface area (TPSA) is 88.8 Å². The fourth-order valence-electron chi connectivity index (χ4n) is 2.92. The highest BCUT2D eigenvalue weighted by Gasteiger charge is 2.37. The van der Waals surface area contributed by atoms with E-state index >= 15 is 0 Å². The molecular weight excluding hydrogens is 302 g/mol. The Hall–Kier alpha value is -1.94. The summed E-state index contributed by atoms with van der Waals surface area (Å²) < 4.78 is 0. The molecule has 114 valence electrons. The van der Waals surface area contributed by atoms with E-state index in [0.717, 1.165) is 18.5 Å². The summed E-state index contributed by atoms with van der Waals surface area (Å²) in [6.45, 7) is 1.93. The average molecular weight is 318 g/mol. The zero-order valence-corrected chi connectivity index (χ0v) is 12.7. The first-order valence-electron chi connectivity index (χ1n) is 7.10. The van der Waals surface area contributed by atoms with Crippen LogP contribution in [0.5, 0.6) is 0 Å². The molecule has 1 aromatic heterocycles. The molecule has 1 aromatic carbocycles. The molecule has 0 radical (unpaired) electrons. The number of likely N-dealkylation sites (tertiary alicyclic amines) is 1. The van der Waals surface area contributed by atoms with E-state index in [-0.39, 0.29) is 0 Å². The molecule has 7 heteroatoms. The summed E-state index contributed by atoms with van der Waals surface area (Å²) in [6, 6.07) is 7.49. The van der Waals surface area contributed by atoms with Gasteiger partial charge in [-0.3, -0.25) is 4.90 Å². The third-order valence-corrected chi connectivity index (χ3v) is 4.26. The van der Waals surface area contributed by atoms with Gasteiger partial charge in [-0.25, -0.2) is 0 Å². The summed E-state index contributed by atoms with van der Waals surface area (Å²) in [5.74, 6) is 0. The quantitative estimate of drug-likeness (QED) is 0.901. The highest BCUT2D eigenvalue weighted by molar-refractivity contribution is 6.30. The van der Waals surface area contributed by atoms with Crippen LogP contribution >= 0.6 is 11.6 Å². The van der Waals surface area contributed by atoms with E-state index in [1.54, 1.807) is 18.3 Å². The smallest absolute Gasteiger partial charge is 0.123 e. The van der Waals surface area contributed by atoms with Crippen LogP contribution in [-0.2, 0) is 12.1 Å². The highest BCUT2D eigenvalue weighted by atomic mass is 35.5. The molecule has 0 saturated carbocycles. The number of hydrogen-bond acceptors (Lipinski definition) is 5. The molecule has 1 aliphatic rings. The van der Waals surface area contributed by atoms with Gasteiger partial charge in [-0.1, -0.05) is 17.7 Å². The van der Waals surface area contributed by atoms with Gasteiger partial charge >= 0.3 is 0 Å². The van der Waals surface area contributed by atoms with Gasteiger partial charge in [0.2, 0.25) is 0 Å². The van der Waals surface area contributed by atoms with E-state index < -0.39 is 5.60 Å². The molecule has 2 aromatic rings. The maximum Gasteiger partial charge on any atom is 0.123 e. The molecule has 1 fully saturated rings. The fourth-order valence-corrected chi connectivity index (χ4v) is 3.10. The van der Waals surface area contributed by atoms with Crippen LogP contribution in [-0.4, -0.2) is 38.5 Å². The minimum absolute atomic E-state index is 0.465. The molecule has 0 unspecified atom stereocenters. The molecule has 3 rings (SSSR count). The lowest BCUT2D eigenvalue weighted by atomic mass is 9.89. The summed E-state index contributed by atoms with van der Waals surface area (Å²) >= 11 is 5.93. The van der Waals surface area contributed by atoms with Gasteiger partial charge in [-0.05, 0) is 37.1 Å². The SMILES string of the molecule is N#Cc1cc(Cl)ccc1CN1CCC[C@@](O)(c2cn[nH]n2)C1. The van der Waals surface area contributed by atoms with Gasteiger partial charge in [0, 0.05) is 18.1 Å². The lowest BCUT2D eigenvalue weighted by Gasteiger charge is -2.38. The Labute approximate surface area is 133 Å². The van der Waals surface area contributed by atoms with Gasteiger partial charge in [-0.15, -0.1) is 0 Å². The molecule has 0 spiro atoms. The van der Waals surface area contributed by atoms with E-state index in [4.69, 9.17) is 11.6 Å². The van der Waals surface area contributed by atoms with Gasteiger partial charge < -0.3 is 5.11 Å². The van der Waals surface area contributed by atoms with Crippen LogP contribution in [0.4, 0.5) is 0 Å². The summed E-state index contributed by atoms with van der Waals surface area (Å²) in [7, 11) is 0. The largest absolute Gasteiger partial charge is 0.382 e. The Bertz CT molecular complexity index is 696. The van der Waals surface area contributed by atoms with Crippen LogP contribution in [0.25, 0.3) is 0 Å². The summed E-state index contributed by atoms with van der Waals surface area (Å²) in [6.07, 6.45) is 3.08. The van der Waals surface area contributed by atoms with E-state index in [9.17, 15) is 10.4 Å². The first kappa shape index (κ1) is 15.0. The molecule has 2 N–H and O–H groups in total. The summed E-state index contributed by atoms with van der Waals surface area (Å²) in [5, 5.41) is 30.9. The molecule has 2 heterocycles. The number of rotatable bonds is 3. The Kier molecular flexibility index (Phi) is 4.12. The molecule has 1 saturated heterocycles. The lowest BCUT2D eigenvalue weighted by molar-refractivity contribution is -0.0414. The molecule has 0 bridgehead atoms. The average Bonchev–Trinajstić information content (AvgIpc) is 3.04. The monoisotopic (exact) mass is 317 g/mol.